The molecule has 2 aliphatic heterocycles. The van der Waals surface area contributed by atoms with Crippen LogP contribution in [0.1, 0.15) is 52.3 Å². The van der Waals surface area contributed by atoms with Crippen molar-refractivity contribution in [3.8, 4) is 0 Å². The van der Waals surface area contributed by atoms with Crippen LogP contribution in [0, 0.1) is 26.2 Å². The zero-order chi connectivity index (χ0) is 19.0. The number of aryl methyl sites for hydroxylation is 3. The van der Waals surface area contributed by atoms with Gasteiger partial charge in [0.2, 0.25) is 0 Å². The first kappa shape index (κ1) is 18.3. The number of nitrogens with zero attached hydrogens (tertiary/aromatic N) is 2. The van der Waals surface area contributed by atoms with Gasteiger partial charge in [0.25, 0.3) is 5.91 Å². The van der Waals surface area contributed by atoms with Crippen LogP contribution in [0.25, 0.3) is 0 Å². The van der Waals surface area contributed by atoms with Crippen LogP contribution >= 0.6 is 0 Å². The molecule has 1 amide bonds. The molecule has 1 aromatic heterocycles. The van der Waals surface area contributed by atoms with Gasteiger partial charge in [0, 0.05) is 31.6 Å². The van der Waals surface area contributed by atoms with Gasteiger partial charge < -0.3 is 9.32 Å². The summed E-state index contributed by atoms with van der Waals surface area (Å²) in [5, 5.41) is 0. The van der Waals surface area contributed by atoms with Crippen LogP contribution in [0.4, 0.5) is 0 Å². The van der Waals surface area contributed by atoms with Crippen molar-refractivity contribution in [2.45, 2.75) is 46.6 Å². The van der Waals surface area contributed by atoms with E-state index in [0.29, 0.717) is 0 Å². The fraction of sp³-hybridized carbons (Fsp3) is 0.522. The standard InChI is InChI=1S/C23H30N2O2/c1-17-6-4-7-20(12-17)14-24-10-5-8-23(15-24)9-11-25(16-23)22(26)21-13-18(2)27-19(21)3/h4,6-7,12-13H,5,8-11,14-16H2,1-3H3/t23-/m1/s1. The molecule has 4 rings (SSSR count). The summed E-state index contributed by atoms with van der Waals surface area (Å²) in [7, 11) is 0. The molecule has 0 saturated carbocycles. The lowest BCUT2D eigenvalue weighted by Gasteiger charge is -2.40. The molecule has 2 saturated heterocycles. The van der Waals surface area contributed by atoms with Crippen LogP contribution in [-0.4, -0.2) is 41.9 Å². The highest BCUT2D eigenvalue weighted by Crippen LogP contribution is 2.40. The number of carbonyl (C=O) groups excluding carboxylic acids is 1. The molecule has 2 aliphatic rings. The van der Waals surface area contributed by atoms with Gasteiger partial charge in [-0.1, -0.05) is 29.8 Å². The normalized spacial score (nSPS) is 23.3. The Labute approximate surface area is 162 Å². The molecule has 1 spiro atoms. The number of carbonyl (C=O) groups is 1. The zero-order valence-electron chi connectivity index (χ0n) is 16.8. The summed E-state index contributed by atoms with van der Waals surface area (Å²) < 4.78 is 5.57. The van der Waals surface area contributed by atoms with Crippen molar-refractivity contribution in [1.29, 1.82) is 0 Å². The number of piperidine rings is 1. The van der Waals surface area contributed by atoms with Crippen molar-refractivity contribution in [3.63, 3.8) is 0 Å². The van der Waals surface area contributed by atoms with Crippen molar-refractivity contribution < 1.29 is 9.21 Å². The first-order valence-corrected chi connectivity index (χ1v) is 10.1. The second-order valence-electron chi connectivity index (χ2n) is 8.61. The molecular formula is C23H30N2O2. The second-order valence-corrected chi connectivity index (χ2v) is 8.61. The minimum absolute atomic E-state index is 0.136. The molecule has 27 heavy (non-hydrogen) atoms. The summed E-state index contributed by atoms with van der Waals surface area (Å²) in [5.74, 6) is 1.69. The van der Waals surface area contributed by atoms with Crippen molar-refractivity contribution in [2.75, 3.05) is 26.2 Å². The third-order valence-electron chi connectivity index (χ3n) is 6.23. The van der Waals surface area contributed by atoms with Crippen molar-refractivity contribution >= 4 is 5.91 Å². The molecule has 1 aromatic carbocycles. The number of benzene rings is 1. The van der Waals surface area contributed by atoms with Crippen LogP contribution in [0.3, 0.4) is 0 Å². The van der Waals surface area contributed by atoms with E-state index in [1.54, 1.807) is 0 Å². The molecule has 4 nitrogen and oxygen atoms in total. The average molecular weight is 367 g/mol. The Bertz CT molecular complexity index is 841. The van der Waals surface area contributed by atoms with Gasteiger partial charge in [-0.15, -0.1) is 0 Å². The van der Waals surface area contributed by atoms with Gasteiger partial charge >= 0.3 is 0 Å². The van der Waals surface area contributed by atoms with Gasteiger partial charge in [0.05, 0.1) is 5.56 Å². The molecule has 144 valence electrons. The number of amides is 1. The molecule has 2 aromatic rings. The first-order valence-electron chi connectivity index (χ1n) is 10.1. The van der Waals surface area contributed by atoms with Crippen molar-refractivity contribution in [1.82, 2.24) is 9.80 Å². The Hall–Kier alpha value is -2.07. The molecule has 3 heterocycles. The number of rotatable bonds is 3. The van der Waals surface area contributed by atoms with E-state index in [1.807, 2.05) is 24.8 Å². The Morgan fingerprint density at radius 3 is 2.70 bits per heavy atom. The number of likely N-dealkylation sites (tertiary alicyclic amines) is 2. The van der Waals surface area contributed by atoms with E-state index in [1.165, 1.54) is 24.0 Å². The maximum absolute atomic E-state index is 13.0. The topological polar surface area (TPSA) is 36.7 Å². The molecule has 0 radical (unpaired) electrons. The second kappa shape index (κ2) is 7.16. The van der Waals surface area contributed by atoms with Crippen LogP contribution in [0.5, 0.6) is 0 Å². The maximum Gasteiger partial charge on any atom is 0.257 e. The summed E-state index contributed by atoms with van der Waals surface area (Å²) in [4.78, 5) is 17.6. The molecule has 0 aliphatic carbocycles. The summed E-state index contributed by atoms with van der Waals surface area (Å²) in [6.07, 6.45) is 3.56. The highest BCUT2D eigenvalue weighted by atomic mass is 16.3. The van der Waals surface area contributed by atoms with Gasteiger partial charge in [-0.05, 0) is 58.2 Å². The predicted molar refractivity (Wildman–Crippen MR) is 107 cm³/mol. The molecule has 1 atom stereocenters. The maximum atomic E-state index is 13.0. The van der Waals surface area contributed by atoms with Crippen molar-refractivity contribution in [3.05, 3.63) is 58.5 Å². The van der Waals surface area contributed by atoms with Gasteiger partial charge in [0.15, 0.2) is 0 Å². The molecule has 0 unspecified atom stereocenters. The van der Waals surface area contributed by atoms with Gasteiger partial charge in [-0.2, -0.15) is 0 Å². The molecule has 2 fully saturated rings. The zero-order valence-corrected chi connectivity index (χ0v) is 16.8. The van der Waals surface area contributed by atoms with E-state index in [-0.39, 0.29) is 11.3 Å². The molecule has 4 heteroatoms. The lowest BCUT2D eigenvalue weighted by atomic mass is 9.79. The van der Waals surface area contributed by atoms with Crippen LogP contribution in [-0.2, 0) is 6.54 Å². The SMILES string of the molecule is Cc1cccc(CN2CCC[C@@]3(CCN(C(=O)c4cc(C)oc4C)C3)C2)c1. The summed E-state index contributed by atoms with van der Waals surface area (Å²) >= 11 is 0. The summed E-state index contributed by atoms with van der Waals surface area (Å²) in [5.41, 5.74) is 3.70. The Morgan fingerprint density at radius 1 is 1.11 bits per heavy atom. The third kappa shape index (κ3) is 3.81. The van der Waals surface area contributed by atoms with E-state index in [0.717, 1.165) is 56.2 Å². The summed E-state index contributed by atoms with van der Waals surface area (Å²) in [6.45, 7) is 10.9. The van der Waals surface area contributed by atoms with Crippen LogP contribution in [0.15, 0.2) is 34.7 Å². The molecule has 0 bridgehead atoms. The van der Waals surface area contributed by atoms with Gasteiger partial charge in [-0.25, -0.2) is 0 Å². The number of hydrogen-bond acceptors (Lipinski definition) is 3. The third-order valence-corrected chi connectivity index (χ3v) is 6.23. The largest absolute Gasteiger partial charge is 0.466 e. The Morgan fingerprint density at radius 2 is 1.96 bits per heavy atom. The van der Waals surface area contributed by atoms with Gasteiger partial charge in [0.1, 0.15) is 11.5 Å². The quantitative estimate of drug-likeness (QED) is 0.811. The van der Waals surface area contributed by atoms with E-state index in [2.05, 4.69) is 36.1 Å². The highest BCUT2D eigenvalue weighted by Gasteiger charge is 2.43. The Kier molecular flexibility index (Phi) is 4.85. The predicted octanol–water partition coefficient (Wildman–Crippen LogP) is 4.33. The highest BCUT2D eigenvalue weighted by molar-refractivity contribution is 5.95. The first-order chi connectivity index (χ1) is 12.9. The van der Waals surface area contributed by atoms with E-state index >= 15 is 0 Å². The number of furan rings is 1. The Balaban J connectivity index is 1.43. The van der Waals surface area contributed by atoms with Crippen LogP contribution in [0.2, 0.25) is 0 Å². The smallest absolute Gasteiger partial charge is 0.257 e. The van der Waals surface area contributed by atoms with Gasteiger partial charge in [-0.3, -0.25) is 9.69 Å². The monoisotopic (exact) mass is 366 g/mol. The lowest BCUT2D eigenvalue weighted by Crippen LogP contribution is -2.45. The minimum atomic E-state index is 0.136. The van der Waals surface area contributed by atoms with E-state index < -0.39 is 0 Å². The fourth-order valence-corrected chi connectivity index (χ4v) is 4.97. The number of hydrogen-bond donors (Lipinski definition) is 0. The van der Waals surface area contributed by atoms with Crippen molar-refractivity contribution in [2.24, 2.45) is 5.41 Å². The molecular weight excluding hydrogens is 336 g/mol. The van der Waals surface area contributed by atoms with Crippen LogP contribution < -0.4 is 0 Å². The van der Waals surface area contributed by atoms with E-state index in [9.17, 15) is 4.79 Å². The minimum Gasteiger partial charge on any atom is -0.466 e. The fourth-order valence-electron chi connectivity index (χ4n) is 4.97. The average Bonchev–Trinajstić information content (AvgIpc) is 3.17. The van der Waals surface area contributed by atoms with E-state index in [4.69, 9.17) is 4.42 Å². The summed E-state index contributed by atoms with van der Waals surface area (Å²) in [6, 6.07) is 10.7. The molecule has 0 N–H and O–H groups in total. The lowest BCUT2D eigenvalue weighted by molar-refractivity contribution is 0.0674.